The number of aliphatic imine (C=N–C) groups is 1. The highest BCUT2D eigenvalue weighted by molar-refractivity contribution is 6.32. The van der Waals surface area contributed by atoms with E-state index in [1.165, 1.54) is 5.69 Å². The Hall–Kier alpha value is -3.53. The van der Waals surface area contributed by atoms with E-state index in [1.807, 2.05) is 36.4 Å². The highest BCUT2D eigenvalue weighted by atomic mass is 35.5. The van der Waals surface area contributed by atoms with E-state index in [4.69, 9.17) is 25.8 Å². The van der Waals surface area contributed by atoms with E-state index in [0.29, 0.717) is 22.1 Å². The lowest BCUT2D eigenvalue weighted by molar-refractivity contribution is 0.122. The topological polar surface area (TPSA) is 67.1 Å². The van der Waals surface area contributed by atoms with Crippen LogP contribution in [0.15, 0.2) is 65.7 Å². The Balaban J connectivity index is 1.47. The van der Waals surface area contributed by atoms with Crippen LogP contribution in [0.25, 0.3) is 0 Å². The lowest BCUT2D eigenvalue weighted by Crippen LogP contribution is -2.36. The molecule has 0 saturated carbocycles. The van der Waals surface area contributed by atoms with Crippen LogP contribution >= 0.6 is 11.6 Å². The lowest BCUT2D eigenvalue weighted by atomic mass is 10.1. The third kappa shape index (κ3) is 5.64. The number of halogens is 1. The maximum absolute atomic E-state index is 9.26. The van der Waals surface area contributed by atoms with Gasteiger partial charge in [0.15, 0.2) is 11.5 Å². The summed E-state index contributed by atoms with van der Waals surface area (Å²) < 4.78 is 16.8. The maximum Gasteiger partial charge on any atom is 0.180 e. The molecule has 33 heavy (non-hydrogen) atoms. The first-order valence-corrected chi connectivity index (χ1v) is 11.0. The summed E-state index contributed by atoms with van der Waals surface area (Å²) >= 11 is 6.49. The molecule has 168 valence electrons. The molecule has 3 aromatic carbocycles. The number of benzene rings is 3. The van der Waals surface area contributed by atoms with Crippen molar-refractivity contribution < 1.29 is 14.2 Å². The van der Waals surface area contributed by atoms with Gasteiger partial charge in [0, 0.05) is 30.6 Å². The van der Waals surface area contributed by atoms with Crippen molar-refractivity contribution in [1.29, 1.82) is 5.26 Å². The van der Waals surface area contributed by atoms with Crippen molar-refractivity contribution in [1.82, 2.24) is 0 Å². The summed E-state index contributed by atoms with van der Waals surface area (Å²) in [6.07, 6.45) is 1.74. The number of rotatable bonds is 7. The molecule has 0 N–H and O–H groups in total. The molecule has 1 fully saturated rings. The van der Waals surface area contributed by atoms with Crippen LogP contribution in [-0.4, -0.2) is 39.6 Å². The normalized spacial score (nSPS) is 13.7. The lowest BCUT2D eigenvalue weighted by Gasteiger charge is -2.28. The van der Waals surface area contributed by atoms with E-state index < -0.39 is 0 Å². The molecule has 6 nitrogen and oxygen atoms in total. The van der Waals surface area contributed by atoms with Gasteiger partial charge in [-0.15, -0.1) is 0 Å². The van der Waals surface area contributed by atoms with Gasteiger partial charge in [-0.1, -0.05) is 29.8 Å². The van der Waals surface area contributed by atoms with E-state index >= 15 is 0 Å². The molecule has 0 aromatic heterocycles. The number of nitrogens with zero attached hydrogens (tertiary/aromatic N) is 3. The van der Waals surface area contributed by atoms with Gasteiger partial charge < -0.3 is 19.1 Å². The summed E-state index contributed by atoms with van der Waals surface area (Å²) in [5, 5.41) is 9.67. The van der Waals surface area contributed by atoms with Gasteiger partial charge in [0.2, 0.25) is 0 Å². The fourth-order valence-corrected chi connectivity index (χ4v) is 3.85. The Bertz CT molecular complexity index is 1170. The van der Waals surface area contributed by atoms with Gasteiger partial charge in [0.25, 0.3) is 0 Å². The average molecular weight is 462 g/mol. The van der Waals surface area contributed by atoms with E-state index in [0.717, 1.165) is 43.1 Å². The number of anilines is 1. The maximum atomic E-state index is 9.26. The molecule has 1 heterocycles. The zero-order chi connectivity index (χ0) is 23.0. The van der Waals surface area contributed by atoms with Gasteiger partial charge in [-0.2, -0.15) is 5.26 Å². The third-order valence-electron chi connectivity index (χ3n) is 5.35. The monoisotopic (exact) mass is 461 g/mol. The molecule has 4 rings (SSSR count). The summed E-state index contributed by atoms with van der Waals surface area (Å²) in [5.41, 5.74) is 4.15. The van der Waals surface area contributed by atoms with Crippen molar-refractivity contribution in [3.8, 4) is 17.6 Å². The van der Waals surface area contributed by atoms with Crippen molar-refractivity contribution in [2.24, 2.45) is 4.99 Å². The number of methoxy groups -OCH3 is 1. The molecule has 0 atom stereocenters. The van der Waals surface area contributed by atoms with Crippen LogP contribution < -0.4 is 14.4 Å². The van der Waals surface area contributed by atoms with Crippen LogP contribution in [-0.2, 0) is 11.3 Å². The minimum atomic E-state index is 0.211. The molecule has 7 heteroatoms. The molecule has 0 amide bonds. The highest BCUT2D eigenvalue weighted by Gasteiger charge is 2.13. The first-order valence-electron chi connectivity index (χ1n) is 10.6. The third-order valence-corrected chi connectivity index (χ3v) is 5.63. The van der Waals surface area contributed by atoms with Crippen molar-refractivity contribution in [2.45, 2.75) is 6.61 Å². The Morgan fingerprint density at radius 3 is 2.61 bits per heavy atom. The van der Waals surface area contributed by atoms with Crippen molar-refractivity contribution in [2.75, 3.05) is 38.3 Å². The molecule has 3 aromatic rings. The summed E-state index contributed by atoms with van der Waals surface area (Å²) in [5.74, 6) is 0.931. The molecule has 0 aliphatic carbocycles. The molecule has 1 aliphatic rings. The molecule has 0 radical (unpaired) electrons. The van der Waals surface area contributed by atoms with Gasteiger partial charge in [-0.05, 0) is 48.0 Å². The largest absolute Gasteiger partial charge is 0.493 e. The Labute approximate surface area is 198 Å². The molecule has 0 unspecified atom stereocenters. The van der Waals surface area contributed by atoms with Crippen LogP contribution in [0.3, 0.4) is 0 Å². The first kappa shape index (κ1) is 22.7. The van der Waals surface area contributed by atoms with Gasteiger partial charge in [-0.25, -0.2) is 0 Å². The quantitative estimate of drug-likeness (QED) is 0.441. The van der Waals surface area contributed by atoms with Gasteiger partial charge in [0.1, 0.15) is 6.61 Å². The fourth-order valence-electron chi connectivity index (χ4n) is 3.58. The zero-order valence-corrected chi connectivity index (χ0v) is 19.1. The van der Waals surface area contributed by atoms with E-state index in [-0.39, 0.29) is 6.61 Å². The second-order valence-electron chi connectivity index (χ2n) is 7.47. The molecular weight excluding hydrogens is 438 g/mol. The van der Waals surface area contributed by atoms with Crippen molar-refractivity contribution in [3.63, 3.8) is 0 Å². The van der Waals surface area contributed by atoms with E-state index in [1.54, 1.807) is 25.5 Å². The highest BCUT2D eigenvalue weighted by Crippen LogP contribution is 2.37. The van der Waals surface area contributed by atoms with Crippen LogP contribution in [0.1, 0.15) is 16.7 Å². The minimum absolute atomic E-state index is 0.211. The number of ether oxygens (including phenoxy) is 3. The number of nitriles is 1. The van der Waals surface area contributed by atoms with Crippen molar-refractivity contribution in [3.05, 3.63) is 82.4 Å². The Morgan fingerprint density at radius 2 is 1.88 bits per heavy atom. The van der Waals surface area contributed by atoms with E-state index in [2.05, 4.69) is 28.1 Å². The number of morpholine rings is 1. The van der Waals surface area contributed by atoms with Gasteiger partial charge in [0.05, 0.1) is 42.7 Å². The van der Waals surface area contributed by atoms with Crippen molar-refractivity contribution >= 4 is 29.2 Å². The predicted octanol–water partition coefficient (Wildman–Crippen LogP) is 5.39. The number of hydrogen-bond donors (Lipinski definition) is 0. The standard InChI is InChI=1S/C26H24ClN3O3/c1-31-25-15-19(14-24(27)26(25)33-18-21-5-3-2-4-20(21)16-28)17-29-22-6-8-23(9-7-22)30-10-12-32-13-11-30/h2-9,14-15,17H,10-13,18H2,1H3. The zero-order valence-electron chi connectivity index (χ0n) is 18.3. The SMILES string of the molecule is COc1cc(C=Nc2ccc(N3CCOCC3)cc2)cc(Cl)c1OCc1ccccc1C#N. The fraction of sp³-hybridized carbons (Fsp3) is 0.231. The molecule has 0 spiro atoms. The summed E-state index contributed by atoms with van der Waals surface area (Å²) in [4.78, 5) is 6.87. The Kier molecular flexibility index (Phi) is 7.46. The van der Waals surface area contributed by atoms with Crippen LogP contribution in [0.4, 0.5) is 11.4 Å². The second kappa shape index (κ2) is 10.9. The smallest absolute Gasteiger partial charge is 0.180 e. The van der Waals surface area contributed by atoms with Crippen LogP contribution in [0.5, 0.6) is 11.5 Å². The summed E-state index contributed by atoms with van der Waals surface area (Å²) in [7, 11) is 1.56. The van der Waals surface area contributed by atoms with Crippen LogP contribution in [0, 0.1) is 11.3 Å². The number of hydrogen-bond acceptors (Lipinski definition) is 6. The van der Waals surface area contributed by atoms with E-state index in [9.17, 15) is 5.26 Å². The predicted molar refractivity (Wildman–Crippen MR) is 130 cm³/mol. The molecule has 0 bridgehead atoms. The average Bonchev–Trinajstić information content (AvgIpc) is 2.87. The summed E-state index contributed by atoms with van der Waals surface area (Å²) in [6, 6.07) is 21.2. The van der Waals surface area contributed by atoms with Gasteiger partial charge in [-0.3, -0.25) is 4.99 Å². The molecular formula is C26H24ClN3O3. The molecule has 1 aliphatic heterocycles. The second-order valence-corrected chi connectivity index (χ2v) is 7.87. The van der Waals surface area contributed by atoms with Crippen LogP contribution in [0.2, 0.25) is 5.02 Å². The first-order chi connectivity index (χ1) is 16.2. The minimum Gasteiger partial charge on any atom is -0.493 e. The Morgan fingerprint density at radius 1 is 1.12 bits per heavy atom. The summed E-state index contributed by atoms with van der Waals surface area (Å²) in [6.45, 7) is 3.53. The van der Waals surface area contributed by atoms with Gasteiger partial charge >= 0.3 is 0 Å². The molecule has 1 saturated heterocycles.